The molecule has 2 rings (SSSR count). The molecule has 2 aromatic carbocycles. The predicted molar refractivity (Wildman–Crippen MR) is 122 cm³/mol. The van der Waals surface area contributed by atoms with Crippen molar-refractivity contribution in [3.05, 3.63) is 42.5 Å². The Morgan fingerprint density at radius 3 is 2.31 bits per heavy atom. The Hall–Kier alpha value is -2.82. The number of methoxy groups -OCH3 is 1. The first kappa shape index (κ1) is 25.4. The van der Waals surface area contributed by atoms with Crippen molar-refractivity contribution >= 4 is 27.3 Å². The van der Waals surface area contributed by atoms with Crippen LogP contribution in [0.5, 0.6) is 11.5 Å². The number of benzene rings is 2. The lowest BCUT2D eigenvalue weighted by atomic mass is 10.3. The molecule has 2 N–H and O–H groups in total. The Morgan fingerprint density at radius 2 is 1.69 bits per heavy atom. The number of hydrogen-bond acceptors (Lipinski definition) is 7. The van der Waals surface area contributed by atoms with Crippen molar-refractivity contribution in [3.8, 4) is 11.5 Å². The van der Waals surface area contributed by atoms with Crippen molar-refractivity contribution in [3.63, 3.8) is 0 Å². The molecule has 0 saturated heterocycles. The fourth-order valence-corrected chi connectivity index (χ4v) is 3.96. The molecule has 176 valence electrons. The van der Waals surface area contributed by atoms with E-state index in [0.29, 0.717) is 36.9 Å². The third-order valence-electron chi connectivity index (χ3n) is 4.31. The van der Waals surface area contributed by atoms with Gasteiger partial charge in [0.15, 0.2) is 0 Å². The van der Waals surface area contributed by atoms with Crippen molar-refractivity contribution in [1.29, 1.82) is 0 Å². The van der Waals surface area contributed by atoms with Crippen LogP contribution in [0.2, 0.25) is 0 Å². The highest BCUT2D eigenvalue weighted by Gasteiger charge is 2.22. The summed E-state index contributed by atoms with van der Waals surface area (Å²) in [5.41, 5.74) is 0.657. The summed E-state index contributed by atoms with van der Waals surface area (Å²) < 4.78 is 49.7. The van der Waals surface area contributed by atoms with Gasteiger partial charge in [-0.3, -0.25) is 9.52 Å². The molecule has 2 aromatic rings. The second-order valence-electron chi connectivity index (χ2n) is 6.63. The number of carbonyl (C=O) groups is 1. The SMILES string of the molecule is CCOCCOC(C)C(=O)Nc1ccc(OC)c(S(=O)(=O)Nc2ccc(OCC)cc2)c1. The number of carbonyl (C=O) groups excluding carboxylic acids is 1. The van der Waals surface area contributed by atoms with E-state index in [4.69, 9.17) is 18.9 Å². The Bertz CT molecular complexity index is 978. The van der Waals surface area contributed by atoms with Gasteiger partial charge >= 0.3 is 0 Å². The van der Waals surface area contributed by atoms with Gasteiger partial charge < -0.3 is 24.3 Å². The Balaban J connectivity index is 2.14. The molecule has 0 aromatic heterocycles. The van der Waals surface area contributed by atoms with Crippen LogP contribution >= 0.6 is 0 Å². The number of sulfonamides is 1. The standard InChI is InChI=1S/C22H30N2O7S/c1-5-29-13-14-31-16(3)22(25)23-18-9-12-20(28-4)21(15-18)32(26,27)24-17-7-10-19(11-8-17)30-6-2/h7-12,15-16,24H,5-6,13-14H2,1-4H3,(H,23,25). The Morgan fingerprint density at radius 1 is 1.00 bits per heavy atom. The molecule has 0 fully saturated rings. The maximum Gasteiger partial charge on any atom is 0.265 e. The average Bonchev–Trinajstić information content (AvgIpc) is 2.78. The van der Waals surface area contributed by atoms with E-state index in [-0.39, 0.29) is 17.3 Å². The van der Waals surface area contributed by atoms with Crippen LogP contribution in [0.25, 0.3) is 0 Å². The van der Waals surface area contributed by atoms with Gasteiger partial charge in [0.05, 0.1) is 26.9 Å². The van der Waals surface area contributed by atoms with E-state index < -0.39 is 22.0 Å². The quantitative estimate of drug-likeness (QED) is 0.436. The smallest absolute Gasteiger partial charge is 0.265 e. The van der Waals surface area contributed by atoms with Gasteiger partial charge in [-0.25, -0.2) is 8.42 Å². The molecule has 0 aliphatic carbocycles. The van der Waals surface area contributed by atoms with E-state index in [9.17, 15) is 13.2 Å². The van der Waals surface area contributed by atoms with Crippen LogP contribution in [-0.2, 0) is 24.3 Å². The summed E-state index contributed by atoms with van der Waals surface area (Å²) in [5.74, 6) is 0.368. The van der Waals surface area contributed by atoms with Crippen molar-refractivity contribution in [1.82, 2.24) is 0 Å². The second kappa shape index (κ2) is 12.3. The number of ether oxygens (including phenoxy) is 4. The molecule has 0 spiro atoms. The van der Waals surface area contributed by atoms with E-state index in [2.05, 4.69) is 10.0 Å². The van der Waals surface area contributed by atoms with E-state index in [1.54, 1.807) is 37.3 Å². The maximum absolute atomic E-state index is 13.0. The second-order valence-corrected chi connectivity index (χ2v) is 8.28. The van der Waals surface area contributed by atoms with Crippen LogP contribution in [0, 0.1) is 0 Å². The van der Waals surface area contributed by atoms with Crippen molar-refractivity contribution in [2.45, 2.75) is 31.8 Å². The van der Waals surface area contributed by atoms with E-state index in [1.165, 1.54) is 19.2 Å². The molecular formula is C22H30N2O7S. The highest BCUT2D eigenvalue weighted by Crippen LogP contribution is 2.29. The molecule has 1 amide bonds. The molecule has 32 heavy (non-hydrogen) atoms. The Kier molecular flexibility index (Phi) is 9.76. The predicted octanol–water partition coefficient (Wildman–Crippen LogP) is 3.27. The summed E-state index contributed by atoms with van der Waals surface area (Å²) in [4.78, 5) is 12.3. The van der Waals surface area contributed by atoms with E-state index >= 15 is 0 Å². The summed E-state index contributed by atoms with van der Waals surface area (Å²) in [6.07, 6.45) is -0.736. The van der Waals surface area contributed by atoms with Crippen LogP contribution in [0.15, 0.2) is 47.4 Å². The number of amides is 1. The molecular weight excluding hydrogens is 436 g/mol. The average molecular weight is 467 g/mol. The number of hydrogen-bond donors (Lipinski definition) is 2. The van der Waals surface area contributed by atoms with Crippen LogP contribution in [0.4, 0.5) is 11.4 Å². The topological polar surface area (TPSA) is 112 Å². The first-order valence-corrected chi connectivity index (χ1v) is 11.7. The third-order valence-corrected chi connectivity index (χ3v) is 5.71. The fraction of sp³-hybridized carbons (Fsp3) is 0.409. The van der Waals surface area contributed by atoms with Gasteiger partial charge in [0, 0.05) is 18.0 Å². The van der Waals surface area contributed by atoms with Crippen LogP contribution in [0.3, 0.4) is 0 Å². The highest BCUT2D eigenvalue weighted by molar-refractivity contribution is 7.92. The minimum absolute atomic E-state index is 0.114. The van der Waals surface area contributed by atoms with Crippen LogP contribution < -0.4 is 19.5 Å². The van der Waals surface area contributed by atoms with Crippen molar-refractivity contribution in [2.75, 3.05) is 43.6 Å². The third kappa shape index (κ3) is 7.40. The largest absolute Gasteiger partial charge is 0.495 e. The highest BCUT2D eigenvalue weighted by atomic mass is 32.2. The van der Waals surface area contributed by atoms with Gasteiger partial charge in [-0.05, 0) is 63.2 Å². The van der Waals surface area contributed by atoms with Crippen LogP contribution in [-0.4, -0.2) is 54.0 Å². The summed E-state index contributed by atoms with van der Waals surface area (Å²) in [6, 6.07) is 10.9. The summed E-state index contributed by atoms with van der Waals surface area (Å²) in [6.45, 7) is 7.08. The molecule has 0 aliphatic rings. The van der Waals surface area contributed by atoms with E-state index in [0.717, 1.165) is 0 Å². The maximum atomic E-state index is 13.0. The lowest BCUT2D eigenvalue weighted by Gasteiger charge is -2.16. The molecule has 0 bridgehead atoms. The zero-order chi connectivity index (χ0) is 23.6. The zero-order valence-corrected chi connectivity index (χ0v) is 19.5. The molecule has 0 saturated carbocycles. The van der Waals surface area contributed by atoms with Crippen molar-refractivity contribution < 1.29 is 32.2 Å². The Labute approximate surface area is 189 Å². The van der Waals surface area contributed by atoms with Gasteiger partial charge in [-0.2, -0.15) is 0 Å². The summed E-state index contributed by atoms with van der Waals surface area (Å²) in [5, 5.41) is 2.66. The monoisotopic (exact) mass is 466 g/mol. The lowest BCUT2D eigenvalue weighted by Crippen LogP contribution is -2.29. The van der Waals surface area contributed by atoms with Gasteiger partial charge in [-0.1, -0.05) is 0 Å². The molecule has 0 aliphatic heterocycles. The van der Waals surface area contributed by atoms with Gasteiger partial charge in [0.2, 0.25) is 0 Å². The molecule has 0 heterocycles. The first-order chi connectivity index (χ1) is 15.3. The molecule has 1 unspecified atom stereocenters. The minimum Gasteiger partial charge on any atom is -0.495 e. The minimum atomic E-state index is -4.00. The van der Waals surface area contributed by atoms with Gasteiger partial charge in [-0.15, -0.1) is 0 Å². The lowest BCUT2D eigenvalue weighted by molar-refractivity contribution is -0.127. The first-order valence-electron chi connectivity index (χ1n) is 10.2. The summed E-state index contributed by atoms with van der Waals surface area (Å²) >= 11 is 0. The summed E-state index contributed by atoms with van der Waals surface area (Å²) in [7, 11) is -2.62. The van der Waals surface area contributed by atoms with Crippen molar-refractivity contribution in [2.24, 2.45) is 0 Å². The molecule has 9 nitrogen and oxygen atoms in total. The number of anilines is 2. The van der Waals surface area contributed by atoms with Gasteiger partial charge in [0.1, 0.15) is 22.5 Å². The van der Waals surface area contributed by atoms with E-state index in [1.807, 2.05) is 13.8 Å². The molecule has 1 atom stereocenters. The molecule has 0 radical (unpaired) electrons. The number of nitrogens with one attached hydrogen (secondary N) is 2. The van der Waals surface area contributed by atoms with Crippen LogP contribution in [0.1, 0.15) is 20.8 Å². The zero-order valence-electron chi connectivity index (χ0n) is 18.7. The normalized spacial score (nSPS) is 12.1. The molecule has 10 heteroatoms. The number of rotatable bonds is 13. The fourth-order valence-electron chi connectivity index (χ4n) is 2.71. The van der Waals surface area contributed by atoms with Gasteiger partial charge in [0.25, 0.3) is 15.9 Å².